The number of aromatic carboxylic acids is 1. The van der Waals surface area contributed by atoms with Gasteiger partial charge in [-0.05, 0) is 37.1 Å². The fourth-order valence-electron chi connectivity index (χ4n) is 2.03. The van der Waals surface area contributed by atoms with E-state index in [2.05, 4.69) is 0 Å². The first-order valence-electron chi connectivity index (χ1n) is 5.70. The van der Waals surface area contributed by atoms with Crippen molar-refractivity contribution in [3.63, 3.8) is 0 Å². The molecule has 0 aliphatic rings. The van der Waals surface area contributed by atoms with Gasteiger partial charge in [0.15, 0.2) is 0 Å². The minimum absolute atomic E-state index is 0.0694. The van der Waals surface area contributed by atoms with E-state index < -0.39 is 23.2 Å². The Morgan fingerprint density at radius 1 is 1.00 bits per heavy atom. The molecule has 0 atom stereocenters. The van der Waals surface area contributed by atoms with Gasteiger partial charge in [0.1, 0.15) is 11.6 Å². The SMILES string of the molecule is Cc1ccc(-c2cc(F)c(C(=O)O)cc2F)c(C)c1. The number of carboxylic acids is 1. The number of carboxylic acid groups (broad SMARTS) is 1. The van der Waals surface area contributed by atoms with E-state index in [1.54, 1.807) is 19.1 Å². The van der Waals surface area contributed by atoms with Crippen LogP contribution in [-0.4, -0.2) is 11.1 Å². The summed E-state index contributed by atoms with van der Waals surface area (Å²) in [5.41, 5.74) is 1.79. The van der Waals surface area contributed by atoms with Crippen molar-refractivity contribution in [2.75, 3.05) is 0 Å². The van der Waals surface area contributed by atoms with Crippen LogP contribution in [0.2, 0.25) is 0 Å². The molecule has 0 bridgehead atoms. The van der Waals surface area contributed by atoms with Crippen LogP contribution in [0.25, 0.3) is 11.1 Å². The number of rotatable bonds is 2. The van der Waals surface area contributed by atoms with Gasteiger partial charge in [-0.15, -0.1) is 0 Å². The average Bonchev–Trinajstić information content (AvgIpc) is 2.32. The van der Waals surface area contributed by atoms with Crippen molar-refractivity contribution in [2.24, 2.45) is 0 Å². The molecule has 0 fully saturated rings. The van der Waals surface area contributed by atoms with Crippen LogP contribution < -0.4 is 0 Å². The summed E-state index contributed by atoms with van der Waals surface area (Å²) in [6.07, 6.45) is 0. The first kappa shape index (κ1) is 13.2. The van der Waals surface area contributed by atoms with Crippen molar-refractivity contribution >= 4 is 5.97 Å². The molecule has 0 heterocycles. The van der Waals surface area contributed by atoms with E-state index in [-0.39, 0.29) is 5.56 Å². The molecule has 2 nitrogen and oxygen atoms in total. The maximum Gasteiger partial charge on any atom is 0.338 e. The zero-order valence-corrected chi connectivity index (χ0v) is 10.5. The van der Waals surface area contributed by atoms with Crippen LogP contribution in [0.15, 0.2) is 30.3 Å². The molecule has 0 amide bonds. The highest BCUT2D eigenvalue weighted by molar-refractivity contribution is 5.89. The quantitative estimate of drug-likeness (QED) is 0.889. The Morgan fingerprint density at radius 3 is 2.26 bits per heavy atom. The van der Waals surface area contributed by atoms with Gasteiger partial charge in [-0.25, -0.2) is 13.6 Å². The molecule has 19 heavy (non-hydrogen) atoms. The zero-order valence-electron chi connectivity index (χ0n) is 10.5. The van der Waals surface area contributed by atoms with Gasteiger partial charge in [-0.2, -0.15) is 0 Å². The summed E-state index contributed by atoms with van der Waals surface area (Å²) >= 11 is 0. The van der Waals surface area contributed by atoms with Gasteiger partial charge in [0, 0.05) is 5.56 Å². The molecule has 2 rings (SSSR count). The number of halogens is 2. The molecule has 0 aromatic heterocycles. The Bertz CT molecular complexity index is 663. The van der Waals surface area contributed by atoms with Crippen LogP contribution in [0, 0.1) is 25.5 Å². The molecular weight excluding hydrogens is 250 g/mol. The lowest BCUT2D eigenvalue weighted by molar-refractivity contribution is 0.0691. The highest BCUT2D eigenvalue weighted by Crippen LogP contribution is 2.28. The molecule has 1 N–H and O–H groups in total. The standard InChI is InChI=1S/C15H12F2O2/c1-8-3-4-10(9(2)5-8)11-6-14(17)12(15(18)19)7-13(11)16/h3-7H,1-2H3,(H,18,19). The molecule has 0 aliphatic heterocycles. The van der Waals surface area contributed by atoms with Crippen molar-refractivity contribution in [1.82, 2.24) is 0 Å². The predicted octanol–water partition coefficient (Wildman–Crippen LogP) is 3.95. The lowest BCUT2D eigenvalue weighted by Gasteiger charge is -2.09. The lowest BCUT2D eigenvalue weighted by atomic mass is 9.97. The summed E-state index contributed by atoms with van der Waals surface area (Å²) in [4.78, 5) is 10.7. The lowest BCUT2D eigenvalue weighted by Crippen LogP contribution is -2.02. The first-order valence-corrected chi connectivity index (χ1v) is 5.70. The van der Waals surface area contributed by atoms with Gasteiger partial charge >= 0.3 is 5.97 Å². The van der Waals surface area contributed by atoms with Crippen LogP contribution in [0.4, 0.5) is 8.78 Å². The van der Waals surface area contributed by atoms with Gasteiger partial charge < -0.3 is 5.11 Å². The van der Waals surface area contributed by atoms with Crippen LogP contribution in [-0.2, 0) is 0 Å². The molecule has 0 saturated heterocycles. The molecule has 0 spiro atoms. The molecule has 0 saturated carbocycles. The third-order valence-corrected chi connectivity index (χ3v) is 2.96. The molecule has 0 radical (unpaired) electrons. The largest absolute Gasteiger partial charge is 0.478 e. The van der Waals surface area contributed by atoms with Crippen LogP contribution >= 0.6 is 0 Å². The Balaban J connectivity index is 2.63. The minimum atomic E-state index is -1.48. The normalized spacial score (nSPS) is 10.5. The Kier molecular flexibility index (Phi) is 3.34. The second kappa shape index (κ2) is 4.80. The van der Waals surface area contributed by atoms with Gasteiger partial charge in [0.2, 0.25) is 0 Å². The third kappa shape index (κ3) is 2.47. The average molecular weight is 262 g/mol. The molecule has 2 aromatic rings. The van der Waals surface area contributed by atoms with Crippen molar-refractivity contribution in [3.05, 3.63) is 58.7 Å². The summed E-state index contributed by atoms with van der Waals surface area (Å²) < 4.78 is 27.6. The summed E-state index contributed by atoms with van der Waals surface area (Å²) in [6.45, 7) is 3.70. The third-order valence-electron chi connectivity index (χ3n) is 2.96. The summed E-state index contributed by atoms with van der Waals surface area (Å²) in [5, 5.41) is 8.74. The molecule has 4 heteroatoms. The number of aryl methyl sites for hydroxylation is 2. The summed E-state index contributed by atoms with van der Waals surface area (Å²) in [6, 6.07) is 6.99. The molecule has 0 aliphatic carbocycles. The van der Waals surface area contributed by atoms with Gasteiger partial charge in [-0.3, -0.25) is 0 Å². The first-order chi connectivity index (χ1) is 8.90. The second-order valence-corrected chi connectivity index (χ2v) is 4.44. The maximum absolute atomic E-state index is 13.9. The Hall–Kier alpha value is -2.23. The number of hydrogen-bond acceptors (Lipinski definition) is 1. The molecule has 98 valence electrons. The fourth-order valence-corrected chi connectivity index (χ4v) is 2.03. The second-order valence-electron chi connectivity index (χ2n) is 4.44. The Morgan fingerprint density at radius 2 is 1.68 bits per heavy atom. The van der Waals surface area contributed by atoms with E-state index in [1.165, 1.54) is 0 Å². The number of hydrogen-bond donors (Lipinski definition) is 1. The highest BCUT2D eigenvalue weighted by atomic mass is 19.1. The van der Waals surface area contributed by atoms with Gasteiger partial charge in [-0.1, -0.05) is 23.8 Å². The smallest absolute Gasteiger partial charge is 0.338 e. The zero-order chi connectivity index (χ0) is 14.2. The van der Waals surface area contributed by atoms with E-state index in [4.69, 9.17) is 5.11 Å². The van der Waals surface area contributed by atoms with Crippen molar-refractivity contribution in [1.29, 1.82) is 0 Å². The van der Waals surface area contributed by atoms with Crippen LogP contribution in [0.5, 0.6) is 0 Å². The van der Waals surface area contributed by atoms with Crippen LogP contribution in [0.3, 0.4) is 0 Å². The van der Waals surface area contributed by atoms with E-state index in [1.807, 2.05) is 13.0 Å². The highest BCUT2D eigenvalue weighted by Gasteiger charge is 2.17. The molecular formula is C15H12F2O2. The topological polar surface area (TPSA) is 37.3 Å². The predicted molar refractivity (Wildman–Crippen MR) is 68.2 cm³/mol. The maximum atomic E-state index is 13.9. The Labute approximate surface area is 109 Å². The number of benzene rings is 2. The summed E-state index contributed by atoms with van der Waals surface area (Å²) in [7, 11) is 0. The molecule has 2 aromatic carbocycles. The van der Waals surface area contributed by atoms with E-state index >= 15 is 0 Å². The van der Waals surface area contributed by atoms with E-state index in [0.29, 0.717) is 11.6 Å². The summed E-state index contributed by atoms with van der Waals surface area (Å²) in [5.74, 6) is -3.17. The van der Waals surface area contributed by atoms with E-state index in [0.717, 1.165) is 17.2 Å². The van der Waals surface area contributed by atoms with Crippen molar-refractivity contribution < 1.29 is 18.7 Å². The van der Waals surface area contributed by atoms with E-state index in [9.17, 15) is 13.6 Å². The number of carbonyl (C=O) groups is 1. The van der Waals surface area contributed by atoms with Crippen molar-refractivity contribution in [2.45, 2.75) is 13.8 Å². The fraction of sp³-hybridized carbons (Fsp3) is 0.133. The van der Waals surface area contributed by atoms with Gasteiger partial charge in [0.25, 0.3) is 0 Å². The minimum Gasteiger partial charge on any atom is -0.478 e. The van der Waals surface area contributed by atoms with Crippen LogP contribution in [0.1, 0.15) is 21.5 Å². The van der Waals surface area contributed by atoms with Gasteiger partial charge in [0.05, 0.1) is 5.56 Å². The van der Waals surface area contributed by atoms with Crippen molar-refractivity contribution in [3.8, 4) is 11.1 Å². The monoisotopic (exact) mass is 262 g/mol. The molecule has 0 unspecified atom stereocenters.